The molecule has 0 aromatic heterocycles. The number of allylic oxidation sites excluding steroid dienone is 1. The van der Waals surface area contributed by atoms with E-state index in [1.54, 1.807) is 0 Å². The molecule has 0 saturated carbocycles. The van der Waals surface area contributed by atoms with E-state index in [0.717, 1.165) is 24.2 Å². The minimum absolute atomic E-state index is 0.163. The maximum absolute atomic E-state index is 10.5. The molecule has 2 unspecified atom stereocenters. The molecule has 0 amide bonds. The average molecular weight is 325 g/mol. The molecule has 136 valence electrons. The summed E-state index contributed by atoms with van der Waals surface area (Å²) in [5, 5.41) is 8.65. The van der Waals surface area contributed by atoms with Crippen molar-refractivity contribution in [3.63, 3.8) is 0 Å². The SMILES string of the molecule is C/C(=C\CC(=O)O)CCCC(C)CCCC(C)CCCC(C)C. The summed E-state index contributed by atoms with van der Waals surface area (Å²) in [5.41, 5.74) is 1.22. The highest BCUT2D eigenvalue weighted by molar-refractivity contribution is 5.68. The Balaban J connectivity index is 3.61. The van der Waals surface area contributed by atoms with Crippen LogP contribution in [-0.4, -0.2) is 11.1 Å². The summed E-state index contributed by atoms with van der Waals surface area (Å²) in [7, 11) is 0. The quantitative estimate of drug-likeness (QED) is 0.355. The van der Waals surface area contributed by atoms with Crippen LogP contribution in [0, 0.1) is 17.8 Å². The van der Waals surface area contributed by atoms with Crippen LogP contribution >= 0.6 is 0 Å². The Morgan fingerprint density at radius 3 is 1.83 bits per heavy atom. The van der Waals surface area contributed by atoms with Crippen LogP contribution in [-0.2, 0) is 4.79 Å². The van der Waals surface area contributed by atoms with Gasteiger partial charge in [-0.05, 0) is 37.5 Å². The van der Waals surface area contributed by atoms with E-state index >= 15 is 0 Å². The fourth-order valence-corrected chi connectivity index (χ4v) is 3.07. The lowest BCUT2D eigenvalue weighted by molar-refractivity contribution is -0.136. The minimum atomic E-state index is -0.736. The standard InChI is InChI=1S/C21H40O2/c1-17(2)9-6-10-18(3)11-7-12-19(4)13-8-14-20(5)15-16-21(22)23/h15,17-19H,6-14,16H2,1-5H3,(H,22,23)/b20-15+. The van der Waals surface area contributed by atoms with Gasteiger partial charge in [0, 0.05) is 0 Å². The molecule has 0 heterocycles. The van der Waals surface area contributed by atoms with Gasteiger partial charge in [0.05, 0.1) is 6.42 Å². The van der Waals surface area contributed by atoms with E-state index < -0.39 is 5.97 Å². The molecular weight excluding hydrogens is 284 g/mol. The highest BCUT2D eigenvalue weighted by Crippen LogP contribution is 2.22. The molecule has 0 aromatic carbocycles. The van der Waals surface area contributed by atoms with E-state index in [1.165, 1.54) is 56.9 Å². The zero-order chi connectivity index (χ0) is 17.7. The summed E-state index contributed by atoms with van der Waals surface area (Å²) in [6.07, 6.45) is 13.7. The van der Waals surface area contributed by atoms with Gasteiger partial charge in [-0.3, -0.25) is 4.79 Å². The van der Waals surface area contributed by atoms with E-state index in [1.807, 2.05) is 13.0 Å². The second-order valence-corrected chi connectivity index (χ2v) is 8.01. The zero-order valence-corrected chi connectivity index (χ0v) is 16.2. The van der Waals surface area contributed by atoms with Crippen molar-refractivity contribution >= 4 is 5.97 Å². The summed E-state index contributed by atoms with van der Waals surface area (Å²) in [6, 6.07) is 0. The molecule has 0 aliphatic carbocycles. The Labute approximate surface area is 144 Å². The number of rotatable bonds is 14. The molecule has 1 N–H and O–H groups in total. The van der Waals surface area contributed by atoms with E-state index in [9.17, 15) is 4.79 Å². The second-order valence-electron chi connectivity index (χ2n) is 8.01. The molecule has 0 rings (SSSR count). The number of carboxylic acids is 1. The predicted octanol–water partition coefficient (Wildman–Crippen LogP) is 6.85. The van der Waals surface area contributed by atoms with Crippen LogP contribution in [0.2, 0.25) is 0 Å². The fourth-order valence-electron chi connectivity index (χ4n) is 3.07. The van der Waals surface area contributed by atoms with Gasteiger partial charge < -0.3 is 5.11 Å². The largest absolute Gasteiger partial charge is 0.481 e. The summed E-state index contributed by atoms with van der Waals surface area (Å²) < 4.78 is 0. The van der Waals surface area contributed by atoms with Crippen molar-refractivity contribution in [2.24, 2.45) is 17.8 Å². The highest BCUT2D eigenvalue weighted by Gasteiger charge is 2.06. The normalized spacial score (nSPS) is 15.0. The molecule has 0 aromatic rings. The first-order valence-electron chi connectivity index (χ1n) is 9.68. The van der Waals surface area contributed by atoms with Gasteiger partial charge >= 0.3 is 5.97 Å². The van der Waals surface area contributed by atoms with Crippen molar-refractivity contribution in [3.05, 3.63) is 11.6 Å². The van der Waals surface area contributed by atoms with Crippen LogP contribution < -0.4 is 0 Å². The van der Waals surface area contributed by atoms with E-state index in [4.69, 9.17) is 5.11 Å². The Morgan fingerprint density at radius 2 is 1.35 bits per heavy atom. The third-order valence-electron chi connectivity index (χ3n) is 4.77. The van der Waals surface area contributed by atoms with Crippen LogP contribution in [0.4, 0.5) is 0 Å². The number of aliphatic carboxylic acids is 1. The van der Waals surface area contributed by atoms with Crippen molar-refractivity contribution in [3.8, 4) is 0 Å². The first-order chi connectivity index (χ1) is 10.8. The van der Waals surface area contributed by atoms with Gasteiger partial charge in [0.25, 0.3) is 0 Å². The van der Waals surface area contributed by atoms with Crippen LogP contribution in [0.15, 0.2) is 11.6 Å². The molecule has 2 heteroatoms. The van der Waals surface area contributed by atoms with Crippen LogP contribution in [0.5, 0.6) is 0 Å². The molecule has 0 aliphatic rings. The Bertz CT molecular complexity index is 331. The van der Waals surface area contributed by atoms with E-state index in [-0.39, 0.29) is 6.42 Å². The van der Waals surface area contributed by atoms with Crippen molar-refractivity contribution in [1.82, 2.24) is 0 Å². The van der Waals surface area contributed by atoms with Gasteiger partial charge in [0.15, 0.2) is 0 Å². The van der Waals surface area contributed by atoms with Gasteiger partial charge in [-0.1, -0.05) is 84.3 Å². The molecular formula is C21H40O2. The molecule has 0 aliphatic heterocycles. The molecule has 0 spiro atoms. The number of carboxylic acid groups (broad SMARTS) is 1. The third kappa shape index (κ3) is 15.9. The lowest BCUT2D eigenvalue weighted by atomic mass is 9.91. The zero-order valence-electron chi connectivity index (χ0n) is 16.2. The van der Waals surface area contributed by atoms with Gasteiger partial charge in [-0.2, -0.15) is 0 Å². The van der Waals surface area contributed by atoms with Crippen molar-refractivity contribution < 1.29 is 9.90 Å². The Hall–Kier alpha value is -0.790. The molecule has 2 atom stereocenters. The highest BCUT2D eigenvalue weighted by atomic mass is 16.4. The number of hydrogen-bond acceptors (Lipinski definition) is 1. The Morgan fingerprint density at radius 1 is 0.870 bits per heavy atom. The summed E-state index contributed by atoms with van der Waals surface area (Å²) >= 11 is 0. The smallest absolute Gasteiger partial charge is 0.307 e. The van der Waals surface area contributed by atoms with Crippen LogP contribution in [0.3, 0.4) is 0 Å². The topological polar surface area (TPSA) is 37.3 Å². The second kappa shape index (κ2) is 13.6. The van der Waals surface area contributed by atoms with Crippen LogP contribution in [0.25, 0.3) is 0 Å². The van der Waals surface area contributed by atoms with Gasteiger partial charge in [0.2, 0.25) is 0 Å². The minimum Gasteiger partial charge on any atom is -0.481 e. The van der Waals surface area contributed by atoms with Crippen molar-refractivity contribution in [2.75, 3.05) is 0 Å². The van der Waals surface area contributed by atoms with Gasteiger partial charge in [-0.25, -0.2) is 0 Å². The predicted molar refractivity (Wildman–Crippen MR) is 101 cm³/mol. The molecule has 2 nitrogen and oxygen atoms in total. The average Bonchev–Trinajstić information content (AvgIpc) is 2.44. The molecule has 0 bridgehead atoms. The molecule has 0 fully saturated rings. The third-order valence-corrected chi connectivity index (χ3v) is 4.77. The summed E-state index contributed by atoms with van der Waals surface area (Å²) in [5.74, 6) is 1.78. The van der Waals surface area contributed by atoms with Crippen LogP contribution in [0.1, 0.15) is 98.8 Å². The van der Waals surface area contributed by atoms with Crippen molar-refractivity contribution in [2.45, 2.75) is 98.8 Å². The monoisotopic (exact) mass is 324 g/mol. The van der Waals surface area contributed by atoms with Crippen molar-refractivity contribution in [1.29, 1.82) is 0 Å². The first-order valence-corrected chi connectivity index (χ1v) is 9.68. The molecule has 0 saturated heterocycles. The fraction of sp³-hybridized carbons (Fsp3) is 0.857. The number of carbonyl (C=O) groups is 1. The Kier molecular flexibility index (Phi) is 13.2. The number of hydrogen-bond donors (Lipinski definition) is 1. The maximum Gasteiger partial charge on any atom is 0.307 e. The first kappa shape index (κ1) is 22.2. The lowest BCUT2D eigenvalue weighted by Gasteiger charge is -2.15. The summed E-state index contributed by atoms with van der Waals surface area (Å²) in [4.78, 5) is 10.5. The van der Waals surface area contributed by atoms with Gasteiger partial charge in [-0.15, -0.1) is 0 Å². The van der Waals surface area contributed by atoms with Gasteiger partial charge in [0.1, 0.15) is 0 Å². The van der Waals surface area contributed by atoms with E-state index in [2.05, 4.69) is 27.7 Å². The molecule has 0 radical (unpaired) electrons. The molecule has 23 heavy (non-hydrogen) atoms. The summed E-state index contributed by atoms with van der Waals surface area (Å²) in [6.45, 7) is 11.4. The lowest BCUT2D eigenvalue weighted by Crippen LogP contribution is -2.00. The maximum atomic E-state index is 10.5. The van der Waals surface area contributed by atoms with E-state index in [0.29, 0.717) is 0 Å².